The maximum Gasteiger partial charge on any atom is 0.240 e. The zero-order valence-electron chi connectivity index (χ0n) is 16.3. The van der Waals surface area contributed by atoms with Crippen LogP contribution in [0.4, 0.5) is 0 Å². The predicted molar refractivity (Wildman–Crippen MR) is 113 cm³/mol. The second-order valence-electron chi connectivity index (χ2n) is 7.97. The molecule has 4 rings (SSSR count). The van der Waals surface area contributed by atoms with Gasteiger partial charge in [-0.05, 0) is 56.3 Å². The maximum absolute atomic E-state index is 13.2. The molecule has 7 heteroatoms. The largest absolute Gasteiger partial charge is 0.339 e. The van der Waals surface area contributed by atoms with Gasteiger partial charge in [-0.2, -0.15) is 0 Å². The van der Waals surface area contributed by atoms with Crippen molar-refractivity contribution in [3.05, 3.63) is 35.9 Å². The highest BCUT2D eigenvalue weighted by atomic mass is 32.2. The number of amides is 1. The van der Waals surface area contributed by atoms with Gasteiger partial charge in [0, 0.05) is 23.2 Å². The molecule has 1 N–H and O–H groups in total. The van der Waals surface area contributed by atoms with Gasteiger partial charge in [-0.15, -0.1) is 11.8 Å². The molecule has 1 aromatic carbocycles. The summed E-state index contributed by atoms with van der Waals surface area (Å²) in [7, 11) is -2.02. The van der Waals surface area contributed by atoms with E-state index in [1.807, 2.05) is 12.1 Å². The highest BCUT2D eigenvalue weighted by Gasteiger charge is 2.38. The number of rotatable bonds is 4. The summed E-state index contributed by atoms with van der Waals surface area (Å²) in [5.41, 5.74) is 0.976. The minimum absolute atomic E-state index is 0.0682. The average molecular weight is 421 g/mol. The summed E-state index contributed by atoms with van der Waals surface area (Å²) < 4.78 is 26.1. The average Bonchev–Trinajstić information content (AvgIpc) is 3.23. The molecule has 5 nitrogen and oxygen atoms in total. The molecule has 152 valence electrons. The van der Waals surface area contributed by atoms with E-state index in [0.717, 1.165) is 35.6 Å². The van der Waals surface area contributed by atoms with Crippen LogP contribution in [0, 0.1) is 11.8 Å². The number of nitrogens with zero attached hydrogens (tertiary/aromatic N) is 1. The van der Waals surface area contributed by atoms with Crippen molar-refractivity contribution in [2.24, 2.45) is 11.8 Å². The van der Waals surface area contributed by atoms with Gasteiger partial charge in [0.2, 0.25) is 15.9 Å². The number of carbonyl (C=O) groups excluding carboxylic acids is 1. The minimum atomic E-state index is -3.43. The third-order valence-electron chi connectivity index (χ3n) is 6.33. The van der Waals surface area contributed by atoms with Gasteiger partial charge in [0.1, 0.15) is 0 Å². The number of nitrogens with one attached hydrogen (secondary N) is 1. The Bertz CT molecular complexity index is 862. The minimum Gasteiger partial charge on any atom is -0.339 e. The summed E-state index contributed by atoms with van der Waals surface area (Å²) in [6.45, 7) is 0.904. The summed E-state index contributed by atoms with van der Waals surface area (Å²) in [6.07, 6.45) is 9.48. The van der Waals surface area contributed by atoms with Crippen LogP contribution >= 0.6 is 11.8 Å². The van der Waals surface area contributed by atoms with E-state index >= 15 is 0 Å². The number of fused-ring (bicyclic) bond motifs is 1. The van der Waals surface area contributed by atoms with Crippen molar-refractivity contribution in [1.82, 2.24) is 9.62 Å². The Morgan fingerprint density at radius 2 is 1.82 bits per heavy atom. The van der Waals surface area contributed by atoms with Crippen molar-refractivity contribution in [1.29, 1.82) is 0 Å². The molecular weight excluding hydrogens is 392 g/mol. The third kappa shape index (κ3) is 3.89. The zero-order valence-corrected chi connectivity index (χ0v) is 17.9. The number of piperidine rings is 1. The first kappa shape index (κ1) is 20.0. The molecule has 2 aliphatic heterocycles. The number of sulfonamides is 1. The molecule has 1 aromatic rings. The van der Waals surface area contributed by atoms with E-state index in [0.29, 0.717) is 12.0 Å². The van der Waals surface area contributed by atoms with E-state index in [-0.39, 0.29) is 16.7 Å². The SMILES string of the molecule is CNS(=O)(=O)c1ccc(C2=CC(C(=O)N3CCCC4CCCCC43)CS2)cc1. The number of hydrogen-bond donors (Lipinski definition) is 1. The van der Waals surface area contributed by atoms with E-state index in [1.54, 1.807) is 23.9 Å². The summed E-state index contributed by atoms with van der Waals surface area (Å²) in [6, 6.07) is 7.34. The first-order chi connectivity index (χ1) is 13.5. The van der Waals surface area contributed by atoms with Crippen molar-refractivity contribution in [2.45, 2.75) is 49.5 Å². The monoisotopic (exact) mass is 420 g/mol. The van der Waals surface area contributed by atoms with Crippen molar-refractivity contribution in [3.8, 4) is 0 Å². The molecule has 0 spiro atoms. The molecule has 1 amide bonds. The second kappa shape index (κ2) is 8.20. The normalized spacial score (nSPS) is 28.0. The zero-order chi connectivity index (χ0) is 19.7. The van der Waals surface area contributed by atoms with Crippen LogP contribution in [0.2, 0.25) is 0 Å². The molecule has 3 unspecified atom stereocenters. The Kier molecular flexibility index (Phi) is 5.86. The fourth-order valence-corrected chi connectivity index (χ4v) is 6.70. The van der Waals surface area contributed by atoms with E-state index in [9.17, 15) is 13.2 Å². The predicted octanol–water partition coefficient (Wildman–Crippen LogP) is 3.48. The van der Waals surface area contributed by atoms with E-state index < -0.39 is 10.0 Å². The van der Waals surface area contributed by atoms with Crippen LogP contribution in [-0.4, -0.2) is 44.6 Å². The van der Waals surface area contributed by atoms with Crippen LogP contribution < -0.4 is 4.72 Å². The molecule has 1 aliphatic carbocycles. The molecule has 0 bridgehead atoms. The molecule has 28 heavy (non-hydrogen) atoms. The second-order valence-corrected chi connectivity index (χ2v) is 10.9. The van der Waals surface area contributed by atoms with Crippen LogP contribution in [0.25, 0.3) is 4.91 Å². The van der Waals surface area contributed by atoms with E-state index in [1.165, 1.54) is 32.7 Å². The maximum atomic E-state index is 13.2. The van der Waals surface area contributed by atoms with Gasteiger partial charge in [0.15, 0.2) is 0 Å². The van der Waals surface area contributed by atoms with Gasteiger partial charge in [0.05, 0.1) is 10.8 Å². The number of thioether (sulfide) groups is 1. The molecule has 2 heterocycles. The Labute approximate surface area is 172 Å². The van der Waals surface area contributed by atoms with Gasteiger partial charge >= 0.3 is 0 Å². The van der Waals surface area contributed by atoms with Crippen molar-refractivity contribution in [3.63, 3.8) is 0 Å². The highest BCUT2D eigenvalue weighted by molar-refractivity contribution is 8.08. The quantitative estimate of drug-likeness (QED) is 0.810. The smallest absolute Gasteiger partial charge is 0.240 e. The first-order valence-electron chi connectivity index (χ1n) is 10.2. The van der Waals surface area contributed by atoms with Crippen LogP contribution in [-0.2, 0) is 14.8 Å². The lowest BCUT2D eigenvalue weighted by Crippen LogP contribution is -2.51. The van der Waals surface area contributed by atoms with E-state index in [2.05, 4.69) is 15.7 Å². The summed E-state index contributed by atoms with van der Waals surface area (Å²) in [4.78, 5) is 16.7. The lowest BCUT2D eigenvalue weighted by Gasteiger charge is -2.44. The first-order valence-corrected chi connectivity index (χ1v) is 12.7. The van der Waals surface area contributed by atoms with Gasteiger partial charge in [-0.1, -0.05) is 31.1 Å². The molecular formula is C21H28N2O3S2. The van der Waals surface area contributed by atoms with Crippen LogP contribution in [0.1, 0.15) is 44.1 Å². The van der Waals surface area contributed by atoms with Gasteiger partial charge < -0.3 is 4.90 Å². The molecule has 3 aliphatic rings. The Morgan fingerprint density at radius 3 is 2.57 bits per heavy atom. The molecule has 0 radical (unpaired) electrons. The molecule has 1 saturated heterocycles. The number of likely N-dealkylation sites (tertiary alicyclic amines) is 1. The van der Waals surface area contributed by atoms with Gasteiger partial charge in [-0.3, -0.25) is 4.79 Å². The number of hydrogen-bond acceptors (Lipinski definition) is 4. The lowest BCUT2D eigenvalue weighted by atomic mass is 9.78. The van der Waals surface area contributed by atoms with Crippen LogP contribution in [0.5, 0.6) is 0 Å². The van der Waals surface area contributed by atoms with Crippen LogP contribution in [0.3, 0.4) is 0 Å². The highest BCUT2D eigenvalue weighted by Crippen LogP contribution is 2.40. The summed E-state index contributed by atoms with van der Waals surface area (Å²) in [5.74, 6) is 1.69. The topological polar surface area (TPSA) is 66.5 Å². The lowest BCUT2D eigenvalue weighted by molar-refractivity contribution is -0.139. The van der Waals surface area contributed by atoms with Crippen molar-refractivity contribution < 1.29 is 13.2 Å². The Balaban J connectivity index is 1.48. The van der Waals surface area contributed by atoms with Crippen molar-refractivity contribution >= 4 is 32.6 Å². The molecule has 1 saturated carbocycles. The number of carbonyl (C=O) groups is 1. The molecule has 0 aromatic heterocycles. The molecule has 2 fully saturated rings. The van der Waals surface area contributed by atoms with E-state index in [4.69, 9.17) is 0 Å². The Hall–Kier alpha value is -1.31. The fraction of sp³-hybridized carbons (Fsp3) is 0.571. The number of benzene rings is 1. The molecule has 3 atom stereocenters. The fourth-order valence-electron chi connectivity index (χ4n) is 4.81. The van der Waals surface area contributed by atoms with Crippen LogP contribution in [0.15, 0.2) is 35.2 Å². The van der Waals surface area contributed by atoms with Crippen molar-refractivity contribution in [2.75, 3.05) is 19.3 Å². The van der Waals surface area contributed by atoms with Gasteiger partial charge in [-0.25, -0.2) is 13.1 Å². The third-order valence-corrected chi connectivity index (χ3v) is 8.97. The van der Waals surface area contributed by atoms with Gasteiger partial charge in [0.25, 0.3) is 0 Å². The summed E-state index contributed by atoms with van der Waals surface area (Å²) >= 11 is 1.69. The summed E-state index contributed by atoms with van der Waals surface area (Å²) in [5, 5.41) is 0. The Morgan fingerprint density at radius 1 is 1.11 bits per heavy atom. The standard InChI is InChI=1S/C21H28N2O3S2/c1-22-28(25,26)18-10-8-16(9-11-18)20-13-17(14-27-20)21(24)23-12-4-6-15-5-2-3-7-19(15)23/h8-11,13,15,17,19,22H,2-7,12,14H2,1H3.